The minimum atomic E-state index is -0.740. The first-order valence-corrected chi connectivity index (χ1v) is 8.81. The molecule has 28 heavy (non-hydrogen) atoms. The summed E-state index contributed by atoms with van der Waals surface area (Å²) in [4.78, 5) is 26.2. The first-order valence-electron chi connectivity index (χ1n) is 8.81. The van der Waals surface area contributed by atoms with Crippen LogP contribution in [0.5, 0.6) is 0 Å². The van der Waals surface area contributed by atoms with Gasteiger partial charge in [-0.15, -0.1) is 0 Å². The molecule has 0 radical (unpaired) electrons. The summed E-state index contributed by atoms with van der Waals surface area (Å²) in [5.74, 6) is -1.23. The Morgan fingerprint density at radius 3 is 2.57 bits per heavy atom. The quantitative estimate of drug-likeness (QED) is 0.860. The van der Waals surface area contributed by atoms with Crippen LogP contribution in [0.1, 0.15) is 42.5 Å². The first kappa shape index (κ1) is 19.4. The largest absolute Gasteiger partial charge is 0.444 e. The van der Waals surface area contributed by atoms with Gasteiger partial charge in [-0.3, -0.25) is 4.79 Å². The minimum absolute atomic E-state index is 0.0666. The van der Waals surface area contributed by atoms with Gasteiger partial charge in [0.25, 0.3) is 5.91 Å². The highest BCUT2D eigenvalue weighted by atomic mass is 19.1. The zero-order valence-corrected chi connectivity index (χ0v) is 16.0. The number of fused-ring (bicyclic) bond motifs is 1. The number of carbonyl (C=O) groups excluding carboxylic acids is 2. The number of halogens is 1. The third kappa shape index (κ3) is 3.56. The van der Waals surface area contributed by atoms with Crippen molar-refractivity contribution < 1.29 is 18.7 Å². The Labute approximate surface area is 162 Å². The van der Waals surface area contributed by atoms with Crippen molar-refractivity contribution >= 4 is 12.0 Å². The SMILES string of the molecule is CC(C)(C)OC(=O)N1CCn2c(C#N)c(-c3cccc(F)c3)c(C(N)=O)c2C1. The van der Waals surface area contributed by atoms with Crippen molar-refractivity contribution in [3.05, 3.63) is 47.0 Å². The maximum Gasteiger partial charge on any atom is 0.410 e. The molecule has 1 aromatic heterocycles. The van der Waals surface area contributed by atoms with E-state index in [9.17, 15) is 19.2 Å². The molecule has 1 aliphatic rings. The van der Waals surface area contributed by atoms with E-state index in [-0.39, 0.29) is 23.4 Å². The monoisotopic (exact) mass is 384 g/mol. The molecule has 0 aliphatic carbocycles. The molecule has 146 valence electrons. The number of amides is 2. The standard InChI is InChI=1S/C20H21FN4O3/c1-20(2,3)28-19(27)24-7-8-25-14(10-22)16(12-5-4-6-13(21)9-12)17(18(23)26)15(25)11-24/h4-6,9H,7-8,11H2,1-3H3,(H2,23,26). The maximum absolute atomic E-state index is 13.8. The predicted molar refractivity (Wildman–Crippen MR) is 99.7 cm³/mol. The van der Waals surface area contributed by atoms with Gasteiger partial charge in [-0.2, -0.15) is 5.26 Å². The van der Waals surface area contributed by atoms with Crippen LogP contribution in [0.3, 0.4) is 0 Å². The second kappa shape index (κ2) is 7.00. The van der Waals surface area contributed by atoms with Crippen molar-refractivity contribution in [1.29, 1.82) is 5.26 Å². The minimum Gasteiger partial charge on any atom is -0.444 e. The molecule has 0 spiro atoms. The van der Waals surface area contributed by atoms with Crippen molar-refractivity contribution in [2.45, 2.75) is 39.5 Å². The number of aromatic nitrogens is 1. The zero-order chi connectivity index (χ0) is 20.6. The number of nitrogens with zero attached hydrogens (tertiary/aromatic N) is 3. The van der Waals surface area contributed by atoms with Crippen LogP contribution in [-0.2, 0) is 17.8 Å². The first-order chi connectivity index (χ1) is 13.1. The number of primary amides is 1. The normalized spacial score (nSPS) is 13.6. The Morgan fingerprint density at radius 1 is 1.29 bits per heavy atom. The Bertz CT molecular complexity index is 998. The highest BCUT2D eigenvalue weighted by Crippen LogP contribution is 2.35. The van der Waals surface area contributed by atoms with Crippen molar-refractivity contribution in [1.82, 2.24) is 9.47 Å². The number of rotatable bonds is 2. The van der Waals surface area contributed by atoms with Crippen molar-refractivity contribution in [3.63, 3.8) is 0 Å². The average Bonchev–Trinajstić information content (AvgIpc) is 2.93. The van der Waals surface area contributed by atoms with E-state index in [0.717, 1.165) is 0 Å². The summed E-state index contributed by atoms with van der Waals surface area (Å²) in [5.41, 5.74) is 6.42. The summed E-state index contributed by atoms with van der Waals surface area (Å²) in [5, 5.41) is 9.71. The van der Waals surface area contributed by atoms with Gasteiger partial charge in [0.1, 0.15) is 23.2 Å². The molecule has 0 bridgehead atoms. The number of nitrogens with two attached hydrogens (primary N) is 1. The molecule has 0 unspecified atom stereocenters. The highest BCUT2D eigenvalue weighted by Gasteiger charge is 2.33. The lowest BCUT2D eigenvalue weighted by molar-refractivity contribution is 0.0197. The fraction of sp³-hybridized carbons (Fsp3) is 0.350. The molecular formula is C20H21FN4O3. The van der Waals surface area contributed by atoms with E-state index < -0.39 is 23.4 Å². The van der Waals surface area contributed by atoms with Crippen LogP contribution in [0.15, 0.2) is 24.3 Å². The van der Waals surface area contributed by atoms with Crippen molar-refractivity contribution in [3.8, 4) is 17.2 Å². The summed E-state index contributed by atoms with van der Waals surface area (Å²) >= 11 is 0. The molecule has 7 nitrogen and oxygen atoms in total. The van der Waals surface area contributed by atoms with Gasteiger partial charge < -0.3 is 19.9 Å². The number of hydrogen-bond acceptors (Lipinski definition) is 4. The lowest BCUT2D eigenvalue weighted by Crippen LogP contribution is -2.42. The number of nitriles is 1. The molecule has 2 aromatic rings. The molecular weight excluding hydrogens is 363 g/mol. The van der Waals surface area contributed by atoms with Crippen LogP contribution >= 0.6 is 0 Å². The molecule has 2 N–H and O–H groups in total. The van der Waals surface area contributed by atoms with E-state index in [2.05, 4.69) is 6.07 Å². The van der Waals surface area contributed by atoms with Crippen LogP contribution in [0, 0.1) is 17.1 Å². The summed E-state index contributed by atoms with van der Waals surface area (Å²) in [7, 11) is 0. The van der Waals surface area contributed by atoms with Gasteiger partial charge in [0.05, 0.1) is 17.8 Å². The van der Waals surface area contributed by atoms with Crippen molar-refractivity contribution in [2.24, 2.45) is 5.73 Å². The summed E-state index contributed by atoms with van der Waals surface area (Å²) in [6.45, 7) is 5.98. The number of hydrogen-bond donors (Lipinski definition) is 1. The number of carbonyl (C=O) groups is 2. The predicted octanol–water partition coefficient (Wildman–Crippen LogP) is 3.02. The van der Waals surface area contributed by atoms with Gasteiger partial charge in [0, 0.05) is 18.7 Å². The van der Waals surface area contributed by atoms with Gasteiger partial charge >= 0.3 is 6.09 Å². The zero-order valence-electron chi connectivity index (χ0n) is 16.0. The molecule has 0 atom stereocenters. The van der Waals surface area contributed by atoms with Crippen molar-refractivity contribution in [2.75, 3.05) is 6.54 Å². The number of benzene rings is 1. The van der Waals surface area contributed by atoms with Gasteiger partial charge in [-0.1, -0.05) is 12.1 Å². The van der Waals surface area contributed by atoms with Crippen LogP contribution in [0.4, 0.5) is 9.18 Å². The van der Waals surface area contributed by atoms with Gasteiger partial charge in [-0.05, 0) is 38.5 Å². The Morgan fingerprint density at radius 2 is 2.00 bits per heavy atom. The van der Waals surface area contributed by atoms with E-state index >= 15 is 0 Å². The molecule has 1 aliphatic heterocycles. The lowest BCUT2D eigenvalue weighted by Gasteiger charge is -2.31. The molecule has 0 saturated heterocycles. The fourth-order valence-corrected chi connectivity index (χ4v) is 3.35. The maximum atomic E-state index is 13.8. The van der Waals surface area contributed by atoms with Crippen LogP contribution < -0.4 is 5.73 Å². The van der Waals surface area contributed by atoms with E-state index in [0.29, 0.717) is 24.3 Å². The van der Waals surface area contributed by atoms with Gasteiger partial charge in [0.15, 0.2) is 0 Å². The third-order valence-electron chi connectivity index (χ3n) is 4.42. The second-order valence-corrected chi connectivity index (χ2v) is 7.59. The van der Waals surface area contributed by atoms with Gasteiger partial charge in [0.2, 0.25) is 0 Å². The lowest BCUT2D eigenvalue weighted by atomic mass is 9.99. The van der Waals surface area contributed by atoms with Gasteiger partial charge in [-0.25, -0.2) is 9.18 Å². The molecule has 2 heterocycles. The molecule has 0 fully saturated rings. The summed E-state index contributed by atoms with van der Waals surface area (Å²) < 4.78 is 20.8. The summed E-state index contributed by atoms with van der Waals surface area (Å²) in [6, 6.07) is 7.74. The highest BCUT2D eigenvalue weighted by molar-refractivity contribution is 6.03. The Balaban J connectivity index is 2.11. The smallest absolute Gasteiger partial charge is 0.410 e. The van der Waals surface area contributed by atoms with Crippen LogP contribution in [0.25, 0.3) is 11.1 Å². The van der Waals surface area contributed by atoms with Crippen LogP contribution in [-0.4, -0.2) is 33.6 Å². The Kier molecular flexibility index (Phi) is 4.86. The topological polar surface area (TPSA) is 101 Å². The van der Waals surface area contributed by atoms with E-state index in [1.807, 2.05) is 0 Å². The molecule has 0 saturated carbocycles. The third-order valence-corrected chi connectivity index (χ3v) is 4.42. The average molecular weight is 384 g/mol. The number of ether oxygens (including phenoxy) is 1. The Hall–Kier alpha value is -3.34. The molecule has 8 heteroatoms. The van der Waals surface area contributed by atoms with E-state index in [1.165, 1.54) is 23.1 Å². The molecule has 3 rings (SSSR count). The molecule has 2 amide bonds. The molecule has 1 aromatic carbocycles. The van der Waals surface area contributed by atoms with Crippen LogP contribution in [0.2, 0.25) is 0 Å². The second-order valence-electron chi connectivity index (χ2n) is 7.59. The fourth-order valence-electron chi connectivity index (χ4n) is 3.35. The van der Waals surface area contributed by atoms with E-state index in [4.69, 9.17) is 10.5 Å². The summed E-state index contributed by atoms with van der Waals surface area (Å²) in [6.07, 6.45) is -0.513. The van der Waals surface area contributed by atoms with E-state index in [1.54, 1.807) is 31.4 Å².